The van der Waals surface area contributed by atoms with Crippen LogP contribution in [-0.4, -0.2) is 13.4 Å². The first-order valence-electron chi connectivity index (χ1n) is 7.44. The summed E-state index contributed by atoms with van der Waals surface area (Å²) < 4.78 is 6.06. The maximum atomic E-state index is 6.06. The molecule has 0 radical (unpaired) electrons. The van der Waals surface area contributed by atoms with Gasteiger partial charge in [0.2, 0.25) is 0 Å². The van der Waals surface area contributed by atoms with Crippen LogP contribution in [0.15, 0.2) is 11.8 Å². The van der Waals surface area contributed by atoms with Crippen molar-refractivity contribution in [3.63, 3.8) is 0 Å². The van der Waals surface area contributed by atoms with Gasteiger partial charge in [0.05, 0.1) is 6.26 Å². The van der Waals surface area contributed by atoms with Crippen molar-refractivity contribution >= 4 is 7.28 Å². The van der Waals surface area contributed by atoms with Crippen molar-refractivity contribution in [2.24, 2.45) is 23.7 Å². The number of fused-ring (bicyclic) bond motifs is 2. The zero-order valence-corrected chi connectivity index (χ0v) is 11.3. The van der Waals surface area contributed by atoms with Crippen LogP contribution >= 0.6 is 0 Å². The highest BCUT2D eigenvalue weighted by Crippen LogP contribution is 2.72. The van der Waals surface area contributed by atoms with Gasteiger partial charge >= 0.3 is 0 Å². The summed E-state index contributed by atoms with van der Waals surface area (Å²) in [5, 5.41) is 0.638. The van der Waals surface area contributed by atoms with Crippen LogP contribution in [0.4, 0.5) is 0 Å². The second kappa shape index (κ2) is 3.13. The second-order valence-corrected chi connectivity index (χ2v) is 7.60. The van der Waals surface area contributed by atoms with E-state index in [9.17, 15) is 0 Å². The smallest absolute Gasteiger partial charge is 0.135 e. The highest BCUT2D eigenvalue weighted by molar-refractivity contribution is 6.57. The highest BCUT2D eigenvalue weighted by Gasteiger charge is 2.66. The van der Waals surface area contributed by atoms with Crippen molar-refractivity contribution in [1.82, 2.24) is 0 Å². The fraction of sp³-hybridized carbons (Fsp3) is 0.867. The van der Waals surface area contributed by atoms with Crippen LogP contribution in [0.2, 0.25) is 11.1 Å². The molecule has 2 aliphatic carbocycles. The summed E-state index contributed by atoms with van der Waals surface area (Å²) in [4.78, 5) is 0. The van der Waals surface area contributed by atoms with Gasteiger partial charge in [-0.2, -0.15) is 0 Å². The Morgan fingerprint density at radius 3 is 3.06 bits per heavy atom. The van der Waals surface area contributed by atoms with E-state index < -0.39 is 0 Å². The van der Waals surface area contributed by atoms with Crippen molar-refractivity contribution in [3.8, 4) is 0 Å². The standard InChI is InChI=1S/C15H23BO/c1-8(2)10-5-4-9-7-17-13-12(9)11(10)6-15(3)14(13)16-15/h7-8,10-14,16H,4-6H2,1-3H3/t10-,11?,12?,13?,14?,15?/m0/s1. The summed E-state index contributed by atoms with van der Waals surface area (Å²) in [6.07, 6.45) is 6.90. The number of hydrogen-bond acceptors (Lipinski definition) is 1. The Kier molecular flexibility index (Phi) is 1.94. The molecule has 1 saturated heterocycles. The molecule has 2 saturated carbocycles. The molecule has 0 aromatic carbocycles. The molecule has 6 atom stereocenters. The van der Waals surface area contributed by atoms with Crippen LogP contribution in [0.5, 0.6) is 0 Å². The lowest BCUT2D eigenvalue weighted by molar-refractivity contribution is 0.0242. The first-order valence-corrected chi connectivity index (χ1v) is 7.44. The molecule has 2 heteroatoms. The summed E-state index contributed by atoms with van der Waals surface area (Å²) in [6, 6.07) is 0. The lowest BCUT2D eigenvalue weighted by atomic mass is 9.58. The second-order valence-electron chi connectivity index (χ2n) is 7.60. The van der Waals surface area contributed by atoms with Gasteiger partial charge in [-0.05, 0) is 42.0 Å². The molecule has 2 heterocycles. The van der Waals surface area contributed by atoms with E-state index in [1.807, 2.05) is 0 Å². The average Bonchev–Trinajstić information content (AvgIpc) is 2.78. The molecule has 4 aliphatic rings. The third-order valence-electron chi connectivity index (χ3n) is 6.31. The third kappa shape index (κ3) is 1.27. The van der Waals surface area contributed by atoms with Crippen molar-refractivity contribution < 1.29 is 4.74 Å². The van der Waals surface area contributed by atoms with Crippen molar-refractivity contribution in [2.45, 2.75) is 57.3 Å². The topological polar surface area (TPSA) is 9.23 Å². The van der Waals surface area contributed by atoms with Gasteiger partial charge in [0.25, 0.3) is 0 Å². The molecule has 17 heavy (non-hydrogen) atoms. The van der Waals surface area contributed by atoms with Crippen LogP contribution in [0.25, 0.3) is 0 Å². The molecule has 92 valence electrons. The Balaban J connectivity index is 1.70. The van der Waals surface area contributed by atoms with Gasteiger partial charge in [-0.3, -0.25) is 0 Å². The van der Waals surface area contributed by atoms with Crippen molar-refractivity contribution in [1.29, 1.82) is 0 Å². The lowest BCUT2D eigenvalue weighted by Gasteiger charge is -2.46. The van der Waals surface area contributed by atoms with Crippen molar-refractivity contribution in [2.75, 3.05) is 0 Å². The Hall–Kier alpha value is -0.395. The SMILES string of the molecule is CC(C)[C@@H]1CCC2=COC3C2C1CC1(C)BC31. The molecule has 4 rings (SSSR count). The fourth-order valence-corrected chi connectivity index (χ4v) is 5.28. The van der Waals surface area contributed by atoms with E-state index in [2.05, 4.69) is 27.0 Å². The molecule has 0 bridgehead atoms. The fourth-order valence-electron chi connectivity index (χ4n) is 5.28. The van der Waals surface area contributed by atoms with Gasteiger partial charge in [-0.25, -0.2) is 0 Å². The third-order valence-corrected chi connectivity index (χ3v) is 6.31. The molecule has 1 nitrogen and oxygen atoms in total. The molecule has 5 unspecified atom stereocenters. The molecule has 0 aromatic heterocycles. The predicted octanol–water partition coefficient (Wildman–Crippen LogP) is 3.39. The number of hydrogen-bond donors (Lipinski definition) is 0. The van der Waals surface area contributed by atoms with Crippen LogP contribution in [0.3, 0.4) is 0 Å². The van der Waals surface area contributed by atoms with Crippen LogP contribution in [-0.2, 0) is 4.74 Å². The van der Waals surface area contributed by atoms with E-state index in [4.69, 9.17) is 4.74 Å². The summed E-state index contributed by atoms with van der Waals surface area (Å²) >= 11 is 0. The summed E-state index contributed by atoms with van der Waals surface area (Å²) in [5.41, 5.74) is 1.66. The molecule has 0 spiro atoms. The largest absolute Gasteiger partial charge is 0.498 e. The number of rotatable bonds is 1. The first-order chi connectivity index (χ1) is 8.10. The Labute approximate surface area is 105 Å². The molecule has 0 aromatic rings. The van der Waals surface area contributed by atoms with E-state index in [0.29, 0.717) is 11.4 Å². The summed E-state index contributed by atoms with van der Waals surface area (Å²) in [6.45, 7) is 7.35. The lowest BCUT2D eigenvalue weighted by Crippen LogP contribution is -2.41. The van der Waals surface area contributed by atoms with Gasteiger partial charge in [0.1, 0.15) is 13.4 Å². The Morgan fingerprint density at radius 1 is 1.47 bits per heavy atom. The quantitative estimate of drug-likeness (QED) is 0.627. The van der Waals surface area contributed by atoms with Crippen LogP contribution < -0.4 is 0 Å². The van der Waals surface area contributed by atoms with Crippen LogP contribution in [0, 0.1) is 23.7 Å². The van der Waals surface area contributed by atoms with Crippen LogP contribution in [0.1, 0.15) is 40.0 Å². The van der Waals surface area contributed by atoms with E-state index in [1.165, 1.54) is 26.5 Å². The maximum absolute atomic E-state index is 6.06. The predicted molar refractivity (Wildman–Crippen MR) is 71.4 cm³/mol. The molecule has 3 fully saturated rings. The molecule has 0 N–H and O–H groups in total. The summed E-state index contributed by atoms with van der Waals surface area (Å²) in [7, 11) is 1.43. The van der Waals surface area contributed by atoms with E-state index in [1.54, 1.807) is 5.57 Å². The number of ether oxygens (including phenoxy) is 1. The van der Waals surface area contributed by atoms with E-state index in [-0.39, 0.29) is 0 Å². The Bertz CT molecular complexity index is 388. The normalized spacial score (nSPS) is 54.4. The minimum atomic E-state index is 0.565. The molecule has 0 amide bonds. The maximum Gasteiger partial charge on any atom is 0.135 e. The highest BCUT2D eigenvalue weighted by atomic mass is 16.5. The molecule has 2 aliphatic heterocycles. The van der Waals surface area contributed by atoms with Gasteiger partial charge in [-0.15, -0.1) is 0 Å². The summed E-state index contributed by atoms with van der Waals surface area (Å²) in [5.74, 6) is 4.40. The zero-order chi connectivity index (χ0) is 11.8. The minimum absolute atomic E-state index is 0.565. The van der Waals surface area contributed by atoms with Gasteiger partial charge in [-0.1, -0.05) is 32.5 Å². The van der Waals surface area contributed by atoms with Gasteiger partial charge in [0.15, 0.2) is 0 Å². The molecular weight excluding hydrogens is 207 g/mol. The van der Waals surface area contributed by atoms with E-state index >= 15 is 0 Å². The van der Waals surface area contributed by atoms with Gasteiger partial charge in [0, 0.05) is 5.92 Å². The minimum Gasteiger partial charge on any atom is -0.498 e. The average molecular weight is 230 g/mol. The molecular formula is C15H23BO. The van der Waals surface area contributed by atoms with E-state index in [0.717, 1.165) is 29.5 Å². The van der Waals surface area contributed by atoms with Crippen molar-refractivity contribution in [3.05, 3.63) is 11.8 Å². The zero-order valence-electron chi connectivity index (χ0n) is 11.3. The van der Waals surface area contributed by atoms with Gasteiger partial charge < -0.3 is 4.74 Å². The first kappa shape index (κ1) is 10.5. The Morgan fingerprint density at radius 2 is 2.29 bits per heavy atom. The monoisotopic (exact) mass is 230 g/mol.